The molecule has 0 saturated carbocycles. The standard InChI is InChI=1S/C19H21NO4/c1-13-3-5-14(6-4-13)11-15(12-18(21)22)19(23)20-16-7-9-17(24-2)10-8-16/h3-10,15H,11-12H2,1-2H3,(H,20,23)(H,21,22)/p-1/t15-/m0/s1. The van der Waals surface area contributed by atoms with Crippen LogP contribution < -0.4 is 15.2 Å². The molecular weight excluding hydrogens is 306 g/mol. The summed E-state index contributed by atoms with van der Waals surface area (Å²) in [4.78, 5) is 23.4. The summed E-state index contributed by atoms with van der Waals surface area (Å²) < 4.78 is 5.06. The third kappa shape index (κ3) is 5.12. The molecule has 5 heteroatoms. The lowest BCUT2D eigenvalue weighted by atomic mass is 9.94. The highest BCUT2D eigenvalue weighted by molar-refractivity contribution is 5.94. The average Bonchev–Trinajstić information content (AvgIpc) is 2.56. The number of aryl methyl sites for hydroxylation is 1. The molecule has 0 saturated heterocycles. The predicted molar refractivity (Wildman–Crippen MR) is 89.6 cm³/mol. The third-order valence-corrected chi connectivity index (χ3v) is 3.74. The molecule has 0 spiro atoms. The van der Waals surface area contributed by atoms with Gasteiger partial charge < -0.3 is 20.0 Å². The maximum absolute atomic E-state index is 12.4. The summed E-state index contributed by atoms with van der Waals surface area (Å²) in [5, 5.41) is 13.7. The van der Waals surface area contributed by atoms with Gasteiger partial charge in [0.15, 0.2) is 0 Å². The van der Waals surface area contributed by atoms with Gasteiger partial charge in [-0.15, -0.1) is 0 Å². The lowest BCUT2D eigenvalue weighted by Crippen LogP contribution is -2.32. The maximum atomic E-state index is 12.4. The zero-order valence-electron chi connectivity index (χ0n) is 13.7. The second-order valence-electron chi connectivity index (χ2n) is 5.68. The zero-order valence-corrected chi connectivity index (χ0v) is 13.7. The molecule has 5 nitrogen and oxygen atoms in total. The van der Waals surface area contributed by atoms with Crippen LogP contribution in [0.15, 0.2) is 48.5 Å². The number of rotatable bonds is 7. The number of methoxy groups -OCH3 is 1. The number of carboxylic acid groups (broad SMARTS) is 1. The monoisotopic (exact) mass is 326 g/mol. The van der Waals surface area contributed by atoms with E-state index in [2.05, 4.69) is 5.32 Å². The number of anilines is 1. The normalized spacial score (nSPS) is 11.6. The topological polar surface area (TPSA) is 78.5 Å². The molecule has 24 heavy (non-hydrogen) atoms. The van der Waals surface area contributed by atoms with Crippen LogP contribution in [0.1, 0.15) is 17.5 Å². The van der Waals surface area contributed by atoms with Crippen molar-refractivity contribution in [3.05, 3.63) is 59.7 Å². The Morgan fingerprint density at radius 1 is 1.08 bits per heavy atom. The number of amides is 1. The van der Waals surface area contributed by atoms with Crippen LogP contribution in [0.5, 0.6) is 5.75 Å². The molecular formula is C19H20NO4-. The van der Waals surface area contributed by atoms with E-state index in [4.69, 9.17) is 4.74 Å². The molecule has 0 unspecified atom stereocenters. The van der Waals surface area contributed by atoms with E-state index in [1.807, 2.05) is 31.2 Å². The van der Waals surface area contributed by atoms with Gasteiger partial charge in [-0.05, 0) is 49.6 Å². The lowest BCUT2D eigenvalue weighted by molar-refractivity contribution is -0.306. The fourth-order valence-corrected chi connectivity index (χ4v) is 2.39. The molecule has 1 N–H and O–H groups in total. The summed E-state index contributed by atoms with van der Waals surface area (Å²) in [6.45, 7) is 1.97. The van der Waals surface area contributed by atoms with Gasteiger partial charge in [-0.2, -0.15) is 0 Å². The van der Waals surface area contributed by atoms with Crippen molar-refractivity contribution >= 4 is 17.6 Å². The van der Waals surface area contributed by atoms with Gasteiger partial charge in [-0.3, -0.25) is 4.79 Å². The Labute approximate surface area is 141 Å². The molecule has 1 atom stereocenters. The molecule has 0 radical (unpaired) electrons. The Morgan fingerprint density at radius 3 is 2.25 bits per heavy atom. The fourth-order valence-electron chi connectivity index (χ4n) is 2.39. The molecule has 0 bridgehead atoms. The Hall–Kier alpha value is -2.82. The summed E-state index contributed by atoms with van der Waals surface area (Å²) in [5.41, 5.74) is 2.61. The number of ether oxygens (including phenoxy) is 1. The van der Waals surface area contributed by atoms with E-state index >= 15 is 0 Å². The smallest absolute Gasteiger partial charge is 0.228 e. The molecule has 1 amide bonds. The second kappa shape index (κ2) is 8.15. The van der Waals surface area contributed by atoms with Crippen molar-refractivity contribution in [3.63, 3.8) is 0 Å². The molecule has 2 aromatic carbocycles. The number of aliphatic carboxylic acids is 1. The van der Waals surface area contributed by atoms with Crippen molar-refractivity contribution in [1.29, 1.82) is 0 Å². The molecule has 0 aliphatic rings. The third-order valence-electron chi connectivity index (χ3n) is 3.74. The molecule has 126 valence electrons. The van der Waals surface area contributed by atoms with Gasteiger partial charge in [0.1, 0.15) is 5.75 Å². The van der Waals surface area contributed by atoms with E-state index in [9.17, 15) is 14.7 Å². The Kier molecular flexibility index (Phi) is 5.95. The van der Waals surface area contributed by atoms with Crippen LogP contribution in [-0.2, 0) is 16.0 Å². The summed E-state index contributed by atoms with van der Waals surface area (Å²) >= 11 is 0. The number of carboxylic acids is 1. The van der Waals surface area contributed by atoms with Gasteiger partial charge in [0.05, 0.1) is 7.11 Å². The zero-order chi connectivity index (χ0) is 17.5. The molecule has 2 rings (SSSR count). The first-order valence-electron chi connectivity index (χ1n) is 7.68. The maximum Gasteiger partial charge on any atom is 0.228 e. The van der Waals surface area contributed by atoms with Crippen molar-refractivity contribution in [3.8, 4) is 5.75 Å². The first-order chi connectivity index (χ1) is 11.5. The van der Waals surface area contributed by atoms with Crippen LogP contribution in [0.4, 0.5) is 5.69 Å². The second-order valence-corrected chi connectivity index (χ2v) is 5.68. The Morgan fingerprint density at radius 2 is 1.71 bits per heavy atom. The van der Waals surface area contributed by atoms with Crippen molar-refractivity contribution in [2.45, 2.75) is 19.8 Å². The molecule has 0 aromatic heterocycles. The van der Waals surface area contributed by atoms with E-state index in [1.54, 1.807) is 31.4 Å². The van der Waals surface area contributed by atoms with Gasteiger partial charge in [-0.1, -0.05) is 29.8 Å². The average molecular weight is 326 g/mol. The summed E-state index contributed by atoms with van der Waals surface area (Å²) in [5.74, 6) is -1.60. The minimum absolute atomic E-state index is 0.324. The Balaban J connectivity index is 2.08. The number of nitrogens with one attached hydrogen (secondary N) is 1. The highest BCUT2D eigenvalue weighted by Crippen LogP contribution is 2.19. The van der Waals surface area contributed by atoms with Crippen LogP contribution in [0.2, 0.25) is 0 Å². The van der Waals surface area contributed by atoms with Crippen LogP contribution >= 0.6 is 0 Å². The van der Waals surface area contributed by atoms with E-state index in [1.165, 1.54) is 0 Å². The molecule has 0 heterocycles. The van der Waals surface area contributed by atoms with Crippen LogP contribution in [0.25, 0.3) is 0 Å². The van der Waals surface area contributed by atoms with E-state index < -0.39 is 11.9 Å². The predicted octanol–water partition coefficient (Wildman–Crippen LogP) is 1.94. The largest absolute Gasteiger partial charge is 0.550 e. The van der Waals surface area contributed by atoms with Gasteiger partial charge >= 0.3 is 0 Å². The Bertz CT molecular complexity index is 692. The summed E-state index contributed by atoms with van der Waals surface area (Å²) in [6.07, 6.45) is 0.0200. The van der Waals surface area contributed by atoms with Crippen molar-refractivity contribution in [2.24, 2.45) is 5.92 Å². The minimum Gasteiger partial charge on any atom is -0.550 e. The number of hydrogen-bond acceptors (Lipinski definition) is 4. The van der Waals surface area contributed by atoms with Crippen LogP contribution in [0, 0.1) is 12.8 Å². The van der Waals surface area contributed by atoms with Gasteiger partial charge in [-0.25, -0.2) is 0 Å². The molecule has 0 aliphatic heterocycles. The number of hydrogen-bond donors (Lipinski definition) is 1. The van der Waals surface area contributed by atoms with Crippen molar-refractivity contribution in [1.82, 2.24) is 0 Å². The SMILES string of the molecule is COc1ccc(NC(=O)[C@H](CC(=O)[O-])Cc2ccc(C)cc2)cc1. The van der Waals surface area contributed by atoms with E-state index in [0.717, 1.165) is 11.1 Å². The summed E-state index contributed by atoms with van der Waals surface area (Å²) in [6, 6.07) is 14.5. The van der Waals surface area contributed by atoms with Crippen LogP contribution in [0.3, 0.4) is 0 Å². The number of benzene rings is 2. The highest BCUT2D eigenvalue weighted by atomic mass is 16.5. The fraction of sp³-hybridized carbons (Fsp3) is 0.263. The molecule has 0 aliphatic carbocycles. The van der Waals surface area contributed by atoms with E-state index in [-0.39, 0.29) is 12.3 Å². The van der Waals surface area contributed by atoms with Gasteiger partial charge in [0.25, 0.3) is 0 Å². The first kappa shape index (κ1) is 17.5. The summed E-state index contributed by atoms with van der Waals surface area (Å²) in [7, 11) is 1.56. The number of carbonyl (C=O) groups is 2. The molecule has 2 aromatic rings. The quantitative estimate of drug-likeness (QED) is 0.843. The van der Waals surface area contributed by atoms with Crippen LogP contribution in [-0.4, -0.2) is 19.0 Å². The highest BCUT2D eigenvalue weighted by Gasteiger charge is 2.19. The first-order valence-corrected chi connectivity index (χ1v) is 7.68. The molecule has 0 fully saturated rings. The van der Waals surface area contributed by atoms with Gasteiger partial charge in [0, 0.05) is 17.6 Å². The minimum atomic E-state index is -1.24. The number of carbonyl (C=O) groups excluding carboxylic acids is 2. The van der Waals surface area contributed by atoms with Crippen molar-refractivity contribution < 1.29 is 19.4 Å². The lowest BCUT2D eigenvalue weighted by Gasteiger charge is -2.18. The van der Waals surface area contributed by atoms with Gasteiger partial charge in [0.2, 0.25) is 5.91 Å². The van der Waals surface area contributed by atoms with Crippen molar-refractivity contribution in [2.75, 3.05) is 12.4 Å². The van der Waals surface area contributed by atoms with E-state index in [0.29, 0.717) is 17.9 Å².